The molecule has 0 saturated carbocycles. The number of nitrogens with zero attached hydrogens (tertiary/aromatic N) is 2. The summed E-state index contributed by atoms with van der Waals surface area (Å²) >= 11 is 0. The van der Waals surface area contributed by atoms with Crippen molar-refractivity contribution in [1.29, 1.82) is 0 Å². The standard InChI is InChI=1S/C27H33N3O3/c1-22-9-11-24(12-10-22)26(21-29-13-16-32-17-14-29)28-18-27(31)30(20-25-8-5-15-33-25)19-23-6-3-2-4-7-23/h2-12,15,26,28H,13-14,16-21H2,1H3. The van der Waals surface area contributed by atoms with Gasteiger partial charge in [0, 0.05) is 32.2 Å². The minimum Gasteiger partial charge on any atom is -0.467 e. The molecule has 1 saturated heterocycles. The zero-order valence-electron chi connectivity index (χ0n) is 19.3. The van der Waals surface area contributed by atoms with E-state index in [0.717, 1.165) is 44.2 Å². The van der Waals surface area contributed by atoms with Crippen LogP contribution >= 0.6 is 0 Å². The van der Waals surface area contributed by atoms with Gasteiger partial charge in [-0.25, -0.2) is 0 Å². The van der Waals surface area contributed by atoms with Crippen molar-refractivity contribution < 1.29 is 13.9 Å². The Balaban J connectivity index is 1.44. The van der Waals surface area contributed by atoms with Gasteiger partial charge in [0.05, 0.1) is 32.6 Å². The summed E-state index contributed by atoms with van der Waals surface area (Å²) in [6.45, 7) is 7.52. The predicted molar refractivity (Wildman–Crippen MR) is 129 cm³/mol. The number of ether oxygens (including phenoxy) is 1. The van der Waals surface area contributed by atoms with E-state index in [2.05, 4.69) is 41.4 Å². The normalized spacial score (nSPS) is 15.3. The van der Waals surface area contributed by atoms with Gasteiger partial charge in [-0.2, -0.15) is 0 Å². The third-order valence-electron chi connectivity index (χ3n) is 6.02. The number of carbonyl (C=O) groups is 1. The third-order valence-corrected chi connectivity index (χ3v) is 6.02. The lowest BCUT2D eigenvalue weighted by Crippen LogP contribution is -2.44. The van der Waals surface area contributed by atoms with E-state index < -0.39 is 0 Å². The van der Waals surface area contributed by atoms with Crippen LogP contribution in [-0.4, -0.2) is 55.1 Å². The number of aryl methyl sites for hydroxylation is 1. The number of carbonyl (C=O) groups excluding carboxylic acids is 1. The van der Waals surface area contributed by atoms with Crippen LogP contribution in [0.15, 0.2) is 77.4 Å². The van der Waals surface area contributed by atoms with Crippen LogP contribution in [0.5, 0.6) is 0 Å². The van der Waals surface area contributed by atoms with Crippen molar-refractivity contribution >= 4 is 5.91 Å². The van der Waals surface area contributed by atoms with Crippen molar-refractivity contribution in [3.63, 3.8) is 0 Å². The van der Waals surface area contributed by atoms with Gasteiger partial charge in [-0.3, -0.25) is 9.69 Å². The van der Waals surface area contributed by atoms with E-state index in [0.29, 0.717) is 13.1 Å². The van der Waals surface area contributed by atoms with E-state index in [9.17, 15) is 4.79 Å². The topological polar surface area (TPSA) is 58.0 Å². The van der Waals surface area contributed by atoms with Crippen LogP contribution in [0, 0.1) is 6.92 Å². The molecule has 1 fully saturated rings. The Bertz CT molecular complexity index is 968. The molecule has 0 bridgehead atoms. The molecule has 1 N–H and O–H groups in total. The first-order valence-electron chi connectivity index (χ1n) is 11.6. The van der Waals surface area contributed by atoms with E-state index >= 15 is 0 Å². The SMILES string of the molecule is Cc1ccc(C(CN2CCOCC2)NCC(=O)N(Cc2ccccc2)Cc2ccco2)cc1. The van der Waals surface area contributed by atoms with E-state index in [1.54, 1.807) is 6.26 Å². The first-order chi connectivity index (χ1) is 16.2. The summed E-state index contributed by atoms with van der Waals surface area (Å²) in [6.07, 6.45) is 1.65. The van der Waals surface area contributed by atoms with Crippen LogP contribution in [-0.2, 0) is 22.6 Å². The lowest BCUT2D eigenvalue weighted by molar-refractivity contribution is -0.132. The van der Waals surface area contributed by atoms with Gasteiger partial charge < -0.3 is 19.4 Å². The fraction of sp³-hybridized carbons (Fsp3) is 0.370. The lowest BCUT2D eigenvalue weighted by Gasteiger charge is -2.31. The summed E-state index contributed by atoms with van der Waals surface area (Å²) in [4.78, 5) is 17.6. The highest BCUT2D eigenvalue weighted by Crippen LogP contribution is 2.17. The first kappa shape index (κ1) is 23.2. The molecular formula is C27H33N3O3. The van der Waals surface area contributed by atoms with Gasteiger partial charge in [0.2, 0.25) is 5.91 Å². The number of rotatable bonds is 10. The van der Waals surface area contributed by atoms with Gasteiger partial charge in [0.25, 0.3) is 0 Å². The molecule has 1 amide bonds. The molecule has 4 rings (SSSR count). The first-order valence-corrected chi connectivity index (χ1v) is 11.6. The Labute approximate surface area is 196 Å². The van der Waals surface area contributed by atoms with Crippen molar-refractivity contribution in [1.82, 2.24) is 15.1 Å². The second-order valence-electron chi connectivity index (χ2n) is 8.57. The molecule has 6 heteroatoms. The number of hydrogen-bond donors (Lipinski definition) is 1. The summed E-state index contributed by atoms with van der Waals surface area (Å²) < 4.78 is 11.0. The number of benzene rings is 2. The second kappa shape index (κ2) is 11.8. The number of morpholine rings is 1. The highest BCUT2D eigenvalue weighted by Gasteiger charge is 2.21. The van der Waals surface area contributed by atoms with Crippen LogP contribution in [0.2, 0.25) is 0 Å². The number of furan rings is 1. The Morgan fingerprint density at radius 3 is 2.45 bits per heavy atom. The molecule has 33 heavy (non-hydrogen) atoms. The van der Waals surface area contributed by atoms with Gasteiger partial charge in [0.1, 0.15) is 5.76 Å². The molecule has 2 aromatic carbocycles. The molecule has 3 aromatic rings. The van der Waals surface area contributed by atoms with Crippen LogP contribution in [0.4, 0.5) is 0 Å². The van der Waals surface area contributed by atoms with Crippen LogP contribution < -0.4 is 5.32 Å². The molecule has 2 heterocycles. The fourth-order valence-electron chi connectivity index (χ4n) is 4.08. The van der Waals surface area contributed by atoms with Crippen LogP contribution in [0.3, 0.4) is 0 Å². The molecule has 174 valence electrons. The monoisotopic (exact) mass is 447 g/mol. The molecule has 6 nitrogen and oxygen atoms in total. The summed E-state index contributed by atoms with van der Waals surface area (Å²) in [5, 5.41) is 3.54. The molecule has 1 aromatic heterocycles. The Hall–Kier alpha value is -2.93. The number of amides is 1. The minimum atomic E-state index is 0.0503. The Kier molecular flexibility index (Phi) is 8.30. The van der Waals surface area contributed by atoms with E-state index in [-0.39, 0.29) is 18.5 Å². The molecule has 1 aliphatic heterocycles. The summed E-state index contributed by atoms with van der Waals surface area (Å²) in [6, 6.07) is 22.5. The Morgan fingerprint density at radius 2 is 1.76 bits per heavy atom. The van der Waals surface area contributed by atoms with Gasteiger partial charge in [0.15, 0.2) is 0 Å². The van der Waals surface area contributed by atoms with Gasteiger partial charge in [-0.15, -0.1) is 0 Å². The van der Waals surface area contributed by atoms with E-state index in [1.165, 1.54) is 11.1 Å². The molecule has 1 unspecified atom stereocenters. The average molecular weight is 448 g/mol. The van der Waals surface area contributed by atoms with Crippen LogP contribution in [0.25, 0.3) is 0 Å². The van der Waals surface area contributed by atoms with Crippen LogP contribution in [0.1, 0.15) is 28.5 Å². The molecular weight excluding hydrogens is 414 g/mol. The van der Waals surface area contributed by atoms with E-state index in [1.807, 2.05) is 47.4 Å². The minimum absolute atomic E-state index is 0.0503. The molecule has 0 spiro atoms. The fourth-order valence-corrected chi connectivity index (χ4v) is 4.08. The highest BCUT2D eigenvalue weighted by molar-refractivity contribution is 5.78. The molecule has 0 radical (unpaired) electrons. The quantitative estimate of drug-likeness (QED) is 0.513. The van der Waals surface area contributed by atoms with E-state index in [4.69, 9.17) is 9.15 Å². The van der Waals surface area contributed by atoms with Gasteiger partial charge in [-0.05, 0) is 30.2 Å². The largest absolute Gasteiger partial charge is 0.467 e. The molecule has 1 aliphatic rings. The maximum absolute atomic E-state index is 13.3. The van der Waals surface area contributed by atoms with Gasteiger partial charge in [-0.1, -0.05) is 60.2 Å². The summed E-state index contributed by atoms with van der Waals surface area (Å²) in [5.74, 6) is 0.831. The second-order valence-corrected chi connectivity index (χ2v) is 8.57. The van der Waals surface area contributed by atoms with Gasteiger partial charge >= 0.3 is 0 Å². The third kappa shape index (κ3) is 7.02. The average Bonchev–Trinajstić information content (AvgIpc) is 3.36. The zero-order valence-corrected chi connectivity index (χ0v) is 19.3. The maximum atomic E-state index is 13.3. The van der Waals surface area contributed by atoms with Crippen molar-refractivity contribution in [2.45, 2.75) is 26.1 Å². The zero-order chi connectivity index (χ0) is 22.9. The van der Waals surface area contributed by atoms with Crippen molar-refractivity contribution in [3.8, 4) is 0 Å². The number of hydrogen-bond acceptors (Lipinski definition) is 5. The maximum Gasteiger partial charge on any atom is 0.237 e. The summed E-state index contributed by atoms with van der Waals surface area (Å²) in [7, 11) is 0. The van der Waals surface area contributed by atoms with Crippen molar-refractivity contribution in [2.24, 2.45) is 0 Å². The number of nitrogens with one attached hydrogen (secondary N) is 1. The van der Waals surface area contributed by atoms with Crippen molar-refractivity contribution in [2.75, 3.05) is 39.4 Å². The Morgan fingerprint density at radius 1 is 1.00 bits per heavy atom. The highest BCUT2D eigenvalue weighted by atomic mass is 16.5. The molecule has 1 atom stereocenters. The molecule has 0 aliphatic carbocycles. The predicted octanol–water partition coefficient (Wildman–Crippen LogP) is 3.78. The van der Waals surface area contributed by atoms with Crippen molar-refractivity contribution in [3.05, 3.63) is 95.4 Å². The lowest BCUT2D eigenvalue weighted by atomic mass is 10.0. The smallest absolute Gasteiger partial charge is 0.237 e. The summed E-state index contributed by atoms with van der Waals surface area (Å²) in [5.41, 5.74) is 3.52.